The first-order chi connectivity index (χ1) is 10.6. The van der Waals surface area contributed by atoms with Gasteiger partial charge in [-0.2, -0.15) is 5.26 Å². The fourth-order valence-corrected chi connectivity index (χ4v) is 3.72. The lowest BCUT2D eigenvalue weighted by molar-refractivity contribution is 0.103. The number of carbonyl (C=O) groups is 1. The van der Waals surface area contributed by atoms with Crippen molar-refractivity contribution in [2.24, 2.45) is 0 Å². The molecular formula is C16H8BrClN2OS. The number of rotatable bonds is 2. The zero-order valence-corrected chi connectivity index (χ0v) is 14.2. The predicted molar refractivity (Wildman–Crippen MR) is 93.6 cm³/mol. The third-order valence-corrected chi connectivity index (χ3v) is 5.25. The number of halogens is 2. The Balaban J connectivity index is 1.95. The Morgan fingerprint density at radius 2 is 1.95 bits per heavy atom. The maximum Gasteiger partial charge on any atom is 0.267 e. The Morgan fingerprint density at radius 3 is 2.64 bits per heavy atom. The van der Waals surface area contributed by atoms with E-state index >= 15 is 0 Å². The van der Waals surface area contributed by atoms with Gasteiger partial charge in [0.2, 0.25) is 0 Å². The molecular weight excluding hydrogens is 384 g/mol. The van der Waals surface area contributed by atoms with Crippen molar-refractivity contribution in [2.75, 3.05) is 5.32 Å². The van der Waals surface area contributed by atoms with Crippen molar-refractivity contribution in [2.45, 2.75) is 0 Å². The number of nitrogens with one attached hydrogen (secondary N) is 1. The van der Waals surface area contributed by atoms with Gasteiger partial charge in [-0.25, -0.2) is 0 Å². The highest BCUT2D eigenvalue weighted by molar-refractivity contribution is 9.10. The summed E-state index contributed by atoms with van der Waals surface area (Å²) in [4.78, 5) is 12.8. The molecule has 1 amide bonds. The average molecular weight is 392 g/mol. The van der Waals surface area contributed by atoms with E-state index < -0.39 is 0 Å². The first-order valence-electron chi connectivity index (χ1n) is 6.27. The molecule has 6 heteroatoms. The van der Waals surface area contributed by atoms with Crippen LogP contribution in [0.3, 0.4) is 0 Å². The van der Waals surface area contributed by atoms with Gasteiger partial charge in [-0.1, -0.05) is 33.6 Å². The number of nitrogens with zero attached hydrogens (tertiary/aromatic N) is 1. The van der Waals surface area contributed by atoms with Crippen molar-refractivity contribution in [1.29, 1.82) is 5.26 Å². The van der Waals surface area contributed by atoms with Gasteiger partial charge in [0.15, 0.2) is 0 Å². The van der Waals surface area contributed by atoms with E-state index in [0.29, 0.717) is 21.2 Å². The number of nitriles is 1. The molecule has 22 heavy (non-hydrogen) atoms. The highest BCUT2D eigenvalue weighted by Crippen LogP contribution is 2.36. The van der Waals surface area contributed by atoms with Gasteiger partial charge < -0.3 is 5.32 Å². The van der Waals surface area contributed by atoms with Crippen molar-refractivity contribution in [3.63, 3.8) is 0 Å². The van der Waals surface area contributed by atoms with Gasteiger partial charge in [0, 0.05) is 20.2 Å². The zero-order valence-electron chi connectivity index (χ0n) is 11.1. The minimum atomic E-state index is -0.257. The lowest BCUT2D eigenvalue weighted by Gasteiger charge is -2.03. The summed E-state index contributed by atoms with van der Waals surface area (Å²) in [5.41, 5.74) is 1.24. The van der Waals surface area contributed by atoms with Crippen molar-refractivity contribution in [1.82, 2.24) is 0 Å². The summed E-state index contributed by atoms with van der Waals surface area (Å²) in [6.45, 7) is 0. The quantitative estimate of drug-likeness (QED) is 0.632. The lowest BCUT2D eigenvalue weighted by atomic mass is 10.2. The number of hydrogen-bond acceptors (Lipinski definition) is 3. The van der Waals surface area contributed by atoms with Crippen LogP contribution in [0.2, 0.25) is 5.02 Å². The molecule has 3 nitrogen and oxygen atoms in total. The van der Waals surface area contributed by atoms with Crippen LogP contribution in [0.1, 0.15) is 15.2 Å². The largest absolute Gasteiger partial charge is 0.321 e. The second-order valence-corrected chi connectivity index (χ2v) is 6.87. The van der Waals surface area contributed by atoms with Crippen LogP contribution >= 0.6 is 38.9 Å². The molecule has 0 spiro atoms. The summed E-state index contributed by atoms with van der Waals surface area (Å²) < 4.78 is 1.76. The average Bonchev–Trinajstić information content (AvgIpc) is 2.86. The number of amides is 1. The summed E-state index contributed by atoms with van der Waals surface area (Å²) in [6.07, 6.45) is 0. The molecule has 0 saturated heterocycles. The van der Waals surface area contributed by atoms with E-state index in [2.05, 4.69) is 27.3 Å². The number of carbonyl (C=O) groups excluding carboxylic acids is 1. The second kappa shape index (κ2) is 6.09. The molecule has 108 valence electrons. The third kappa shape index (κ3) is 2.86. The van der Waals surface area contributed by atoms with E-state index in [1.807, 2.05) is 12.1 Å². The Labute approximate surface area is 144 Å². The normalized spacial score (nSPS) is 10.4. The molecule has 0 radical (unpaired) electrons. The molecule has 3 aromatic rings. The van der Waals surface area contributed by atoms with E-state index in [9.17, 15) is 4.79 Å². The van der Waals surface area contributed by atoms with Crippen molar-refractivity contribution < 1.29 is 4.79 Å². The highest BCUT2D eigenvalue weighted by Gasteiger charge is 2.17. The number of hydrogen-bond donors (Lipinski definition) is 1. The molecule has 0 bridgehead atoms. The number of thiophene rings is 1. The molecule has 2 aromatic carbocycles. The second-order valence-electron chi connectivity index (χ2n) is 4.53. The van der Waals surface area contributed by atoms with E-state index in [4.69, 9.17) is 16.9 Å². The third-order valence-electron chi connectivity index (χ3n) is 3.07. The summed E-state index contributed by atoms with van der Waals surface area (Å²) >= 11 is 10.9. The van der Waals surface area contributed by atoms with Gasteiger partial charge >= 0.3 is 0 Å². The number of fused-ring (bicyclic) bond motifs is 1. The minimum absolute atomic E-state index is 0.257. The van der Waals surface area contributed by atoms with E-state index in [1.165, 1.54) is 11.3 Å². The van der Waals surface area contributed by atoms with Crippen LogP contribution in [-0.2, 0) is 0 Å². The Hall–Kier alpha value is -1.87. The Bertz CT molecular complexity index is 912. The number of benzene rings is 2. The monoisotopic (exact) mass is 390 g/mol. The molecule has 1 aromatic heterocycles. The molecule has 0 saturated carbocycles. The molecule has 3 rings (SSSR count). The predicted octanol–water partition coefficient (Wildman–Crippen LogP) is 5.44. The summed E-state index contributed by atoms with van der Waals surface area (Å²) in [6, 6.07) is 14.6. The molecule has 0 fully saturated rings. The smallest absolute Gasteiger partial charge is 0.267 e. The summed E-state index contributed by atoms with van der Waals surface area (Å²) in [5, 5.41) is 13.0. The van der Waals surface area contributed by atoms with Crippen LogP contribution in [0.5, 0.6) is 0 Å². The lowest BCUT2D eigenvalue weighted by Crippen LogP contribution is -2.10. The minimum Gasteiger partial charge on any atom is -0.321 e. The van der Waals surface area contributed by atoms with Gasteiger partial charge in [-0.3, -0.25) is 4.79 Å². The SMILES string of the molecule is N#Cc1ccc2c(Cl)c(C(=O)Nc3ccc(Br)cc3)sc2c1. The number of anilines is 1. The first-order valence-corrected chi connectivity index (χ1v) is 8.26. The van der Waals surface area contributed by atoms with Crippen LogP contribution in [-0.4, -0.2) is 5.91 Å². The van der Waals surface area contributed by atoms with Crippen molar-refractivity contribution >= 4 is 60.5 Å². The van der Waals surface area contributed by atoms with Crippen LogP contribution < -0.4 is 5.32 Å². The Kier molecular flexibility index (Phi) is 4.16. The topological polar surface area (TPSA) is 52.9 Å². The van der Waals surface area contributed by atoms with Gasteiger partial charge in [-0.15, -0.1) is 11.3 Å². The standard InChI is InChI=1S/C16H8BrClN2OS/c17-10-2-4-11(5-3-10)20-16(21)15-14(18)12-6-1-9(8-19)7-13(12)22-15/h1-7H,(H,20,21). The van der Waals surface area contributed by atoms with Gasteiger partial charge in [-0.05, 0) is 36.4 Å². The van der Waals surface area contributed by atoms with Crippen molar-refractivity contribution in [3.05, 3.63) is 62.4 Å². The molecule has 0 aliphatic heterocycles. The maximum atomic E-state index is 12.4. The molecule has 0 aliphatic rings. The van der Waals surface area contributed by atoms with E-state index in [1.54, 1.807) is 30.3 Å². The van der Waals surface area contributed by atoms with E-state index in [-0.39, 0.29) is 5.91 Å². The van der Waals surface area contributed by atoms with Crippen LogP contribution in [0.25, 0.3) is 10.1 Å². The van der Waals surface area contributed by atoms with Crippen LogP contribution in [0, 0.1) is 11.3 Å². The van der Waals surface area contributed by atoms with E-state index in [0.717, 1.165) is 14.6 Å². The zero-order chi connectivity index (χ0) is 15.7. The molecule has 0 aliphatic carbocycles. The highest BCUT2D eigenvalue weighted by atomic mass is 79.9. The van der Waals surface area contributed by atoms with Gasteiger partial charge in [0.05, 0.1) is 16.7 Å². The summed E-state index contributed by atoms with van der Waals surface area (Å²) in [7, 11) is 0. The first kappa shape index (κ1) is 15.0. The fourth-order valence-electron chi connectivity index (χ4n) is 2.00. The molecule has 0 atom stereocenters. The van der Waals surface area contributed by atoms with Crippen LogP contribution in [0.15, 0.2) is 46.9 Å². The van der Waals surface area contributed by atoms with Crippen LogP contribution in [0.4, 0.5) is 5.69 Å². The molecule has 0 unspecified atom stereocenters. The Morgan fingerprint density at radius 1 is 1.23 bits per heavy atom. The molecule has 1 N–H and O–H groups in total. The van der Waals surface area contributed by atoms with Gasteiger partial charge in [0.25, 0.3) is 5.91 Å². The van der Waals surface area contributed by atoms with Crippen molar-refractivity contribution in [3.8, 4) is 6.07 Å². The molecule has 1 heterocycles. The summed E-state index contributed by atoms with van der Waals surface area (Å²) in [5.74, 6) is -0.257. The van der Waals surface area contributed by atoms with Gasteiger partial charge in [0.1, 0.15) is 4.88 Å². The fraction of sp³-hybridized carbons (Fsp3) is 0. The maximum absolute atomic E-state index is 12.4.